The second-order valence-corrected chi connectivity index (χ2v) is 7.33. The molecule has 0 aliphatic heterocycles. The summed E-state index contributed by atoms with van der Waals surface area (Å²) in [5, 5.41) is 19.0. The van der Waals surface area contributed by atoms with E-state index in [2.05, 4.69) is 13.8 Å². The van der Waals surface area contributed by atoms with Gasteiger partial charge in [-0.15, -0.1) is 0 Å². The van der Waals surface area contributed by atoms with Crippen LogP contribution >= 0.6 is 0 Å². The van der Waals surface area contributed by atoms with E-state index in [0.29, 0.717) is 11.5 Å². The molecule has 0 amide bonds. The maximum atomic E-state index is 10.8. The number of hydrogen-bond donors (Lipinski definition) is 2. The van der Waals surface area contributed by atoms with Gasteiger partial charge in [-0.3, -0.25) is 0 Å². The van der Waals surface area contributed by atoms with Crippen molar-refractivity contribution in [2.24, 2.45) is 0 Å². The molecule has 0 unspecified atom stereocenters. The SMILES string of the molecule is CCC(CC)c1cc(OCC(=O)O)cc(C)c1Oc1ccc(O)c(C(C)C)c1. The minimum atomic E-state index is -1.01. The lowest BCUT2D eigenvalue weighted by Gasteiger charge is -2.22. The van der Waals surface area contributed by atoms with Gasteiger partial charge in [0, 0.05) is 11.1 Å². The number of aromatic hydroxyl groups is 1. The molecule has 0 aromatic heterocycles. The van der Waals surface area contributed by atoms with Gasteiger partial charge >= 0.3 is 5.97 Å². The molecular formula is C23H30O5. The van der Waals surface area contributed by atoms with Crippen LogP contribution in [0.15, 0.2) is 30.3 Å². The summed E-state index contributed by atoms with van der Waals surface area (Å²) in [5.74, 6) is 1.65. The molecule has 0 bridgehead atoms. The second kappa shape index (κ2) is 9.49. The first kappa shape index (κ1) is 21.6. The van der Waals surface area contributed by atoms with Crippen molar-refractivity contribution in [2.75, 3.05) is 6.61 Å². The van der Waals surface area contributed by atoms with E-state index in [9.17, 15) is 9.90 Å². The van der Waals surface area contributed by atoms with Crippen LogP contribution in [-0.4, -0.2) is 22.8 Å². The number of aliphatic carboxylic acids is 1. The molecule has 5 heteroatoms. The van der Waals surface area contributed by atoms with Crippen molar-refractivity contribution in [2.45, 2.75) is 59.3 Å². The summed E-state index contributed by atoms with van der Waals surface area (Å²) in [4.78, 5) is 10.8. The Hall–Kier alpha value is -2.69. The van der Waals surface area contributed by atoms with E-state index in [1.54, 1.807) is 18.2 Å². The third kappa shape index (κ3) is 5.18. The van der Waals surface area contributed by atoms with Crippen LogP contribution in [0.4, 0.5) is 0 Å². The highest BCUT2D eigenvalue weighted by atomic mass is 16.5. The molecule has 0 aliphatic rings. The minimum Gasteiger partial charge on any atom is -0.508 e. The molecule has 0 saturated carbocycles. The number of carbonyl (C=O) groups is 1. The Morgan fingerprint density at radius 1 is 1.04 bits per heavy atom. The molecule has 28 heavy (non-hydrogen) atoms. The number of phenols is 1. The number of aryl methyl sites for hydroxylation is 1. The van der Waals surface area contributed by atoms with Crippen LogP contribution in [-0.2, 0) is 4.79 Å². The average Bonchev–Trinajstić information content (AvgIpc) is 2.64. The van der Waals surface area contributed by atoms with Gasteiger partial charge in [0.1, 0.15) is 23.0 Å². The van der Waals surface area contributed by atoms with Gasteiger partial charge in [-0.25, -0.2) is 4.79 Å². The number of carboxylic acid groups (broad SMARTS) is 1. The zero-order valence-corrected chi connectivity index (χ0v) is 17.3. The molecule has 0 heterocycles. The Balaban J connectivity index is 2.47. The number of benzene rings is 2. The Morgan fingerprint density at radius 2 is 1.68 bits per heavy atom. The summed E-state index contributed by atoms with van der Waals surface area (Å²) in [7, 11) is 0. The fraction of sp³-hybridized carbons (Fsp3) is 0.435. The molecule has 2 N–H and O–H groups in total. The number of phenolic OH excluding ortho intramolecular Hbond substituents is 1. The maximum absolute atomic E-state index is 10.8. The Labute approximate surface area is 166 Å². The second-order valence-electron chi connectivity index (χ2n) is 7.33. The molecule has 0 radical (unpaired) electrons. The fourth-order valence-corrected chi connectivity index (χ4v) is 3.34. The van der Waals surface area contributed by atoms with Crippen LogP contribution in [0.25, 0.3) is 0 Å². The molecule has 2 rings (SSSR count). The van der Waals surface area contributed by atoms with Gasteiger partial charge in [0.25, 0.3) is 0 Å². The largest absolute Gasteiger partial charge is 0.508 e. The zero-order valence-electron chi connectivity index (χ0n) is 17.3. The highest BCUT2D eigenvalue weighted by Gasteiger charge is 2.19. The summed E-state index contributed by atoms with van der Waals surface area (Å²) >= 11 is 0. The minimum absolute atomic E-state index is 0.176. The predicted octanol–water partition coefficient (Wildman–Crippen LogP) is 5.98. The van der Waals surface area contributed by atoms with Crippen LogP contribution in [0, 0.1) is 6.92 Å². The Kier molecular flexibility index (Phi) is 7.32. The van der Waals surface area contributed by atoms with E-state index < -0.39 is 5.97 Å². The van der Waals surface area contributed by atoms with E-state index in [0.717, 1.165) is 35.3 Å². The third-order valence-corrected chi connectivity index (χ3v) is 4.91. The van der Waals surface area contributed by atoms with Crippen LogP contribution in [0.2, 0.25) is 0 Å². The van der Waals surface area contributed by atoms with E-state index in [1.807, 2.05) is 32.9 Å². The van der Waals surface area contributed by atoms with Crippen molar-refractivity contribution in [1.29, 1.82) is 0 Å². The van der Waals surface area contributed by atoms with Gasteiger partial charge in [0.05, 0.1) is 0 Å². The van der Waals surface area contributed by atoms with Crippen LogP contribution < -0.4 is 9.47 Å². The summed E-state index contributed by atoms with van der Waals surface area (Å²) in [6.45, 7) is 9.84. The first-order valence-electron chi connectivity index (χ1n) is 9.76. The molecule has 2 aromatic rings. The molecule has 0 aliphatic carbocycles. The Morgan fingerprint density at radius 3 is 2.25 bits per heavy atom. The van der Waals surface area contributed by atoms with E-state index in [4.69, 9.17) is 14.6 Å². The lowest BCUT2D eigenvalue weighted by molar-refractivity contribution is -0.139. The molecule has 0 atom stereocenters. The Bertz CT molecular complexity index is 822. The predicted molar refractivity (Wildman–Crippen MR) is 110 cm³/mol. The monoisotopic (exact) mass is 386 g/mol. The molecule has 5 nitrogen and oxygen atoms in total. The van der Waals surface area contributed by atoms with Crippen LogP contribution in [0.3, 0.4) is 0 Å². The summed E-state index contributed by atoms with van der Waals surface area (Å²) in [5.41, 5.74) is 2.72. The highest BCUT2D eigenvalue weighted by Crippen LogP contribution is 2.40. The number of ether oxygens (including phenoxy) is 2. The summed E-state index contributed by atoms with van der Waals surface area (Å²) < 4.78 is 11.7. The highest BCUT2D eigenvalue weighted by molar-refractivity contribution is 5.68. The summed E-state index contributed by atoms with van der Waals surface area (Å²) in [6.07, 6.45) is 1.86. The van der Waals surface area contributed by atoms with Crippen LogP contribution in [0.5, 0.6) is 23.0 Å². The van der Waals surface area contributed by atoms with Gasteiger partial charge in [0.2, 0.25) is 0 Å². The van der Waals surface area contributed by atoms with Crippen molar-refractivity contribution < 1.29 is 24.5 Å². The van der Waals surface area contributed by atoms with Gasteiger partial charge in [-0.05, 0) is 67.5 Å². The van der Waals surface area contributed by atoms with Gasteiger partial charge < -0.3 is 19.7 Å². The van der Waals surface area contributed by atoms with Crippen molar-refractivity contribution >= 4 is 5.97 Å². The topological polar surface area (TPSA) is 76.0 Å². The van der Waals surface area contributed by atoms with Crippen molar-refractivity contribution in [3.8, 4) is 23.0 Å². The van der Waals surface area contributed by atoms with Crippen LogP contribution in [0.1, 0.15) is 69.1 Å². The third-order valence-electron chi connectivity index (χ3n) is 4.91. The molecular weight excluding hydrogens is 356 g/mol. The van der Waals surface area contributed by atoms with Gasteiger partial charge in [-0.2, -0.15) is 0 Å². The standard InChI is InChI=1S/C23H30O5/c1-6-16(7-2)20-12-18(27-13-22(25)26)10-15(5)23(20)28-17-8-9-21(24)19(11-17)14(3)4/h8-12,14,16,24H,6-7,13H2,1-5H3,(H,25,26). The molecule has 0 fully saturated rings. The molecule has 0 saturated heterocycles. The number of hydrogen-bond acceptors (Lipinski definition) is 4. The van der Waals surface area contributed by atoms with Gasteiger partial charge in [-0.1, -0.05) is 27.7 Å². The van der Waals surface area contributed by atoms with Crippen molar-refractivity contribution in [3.63, 3.8) is 0 Å². The quantitative estimate of drug-likeness (QED) is 0.554. The van der Waals surface area contributed by atoms with Crippen molar-refractivity contribution in [3.05, 3.63) is 47.0 Å². The average molecular weight is 386 g/mol. The van der Waals surface area contributed by atoms with Crippen molar-refractivity contribution in [1.82, 2.24) is 0 Å². The van der Waals surface area contributed by atoms with E-state index in [1.165, 1.54) is 0 Å². The zero-order chi connectivity index (χ0) is 20.8. The normalized spacial score (nSPS) is 11.1. The van der Waals surface area contributed by atoms with E-state index >= 15 is 0 Å². The molecule has 0 spiro atoms. The molecule has 2 aromatic carbocycles. The first-order valence-corrected chi connectivity index (χ1v) is 9.76. The molecule has 152 valence electrons. The first-order chi connectivity index (χ1) is 13.3. The van der Waals surface area contributed by atoms with E-state index in [-0.39, 0.29) is 24.2 Å². The maximum Gasteiger partial charge on any atom is 0.341 e. The lowest BCUT2D eigenvalue weighted by Crippen LogP contribution is -2.10. The van der Waals surface area contributed by atoms with Gasteiger partial charge in [0.15, 0.2) is 6.61 Å². The fourth-order valence-electron chi connectivity index (χ4n) is 3.34. The number of rotatable bonds is 9. The number of carboxylic acids is 1. The lowest BCUT2D eigenvalue weighted by atomic mass is 9.91. The smallest absolute Gasteiger partial charge is 0.341 e. The summed E-state index contributed by atoms with van der Waals surface area (Å²) in [6, 6.07) is 8.96.